The summed E-state index contributed by atoms with van der Waals surface area (Å²) >= 11 is 1.31. The van der Waals surface area contributed by atoms with Crippen LogP contribution in [0, 0.1) is 13.8 Å². The van der Waals surface area contributed by atoms with Crippen LogP contribution in [0.15, 0.2) is 81.7 Å². The Bertz CT molecular complexity index is 1830. The molecule has 9 heteroatoms. The van der Waals surface area contributed by atoms with Crippen molar-refractivity contribution in [3.8, 4) is 11.4 Å². The molecule has 204 valence electrons. The molecule has 0 fully saturated rings. The Morgan fingerprint density at radius 2 is 1.77 bits per heavy atom. The smallest absolute Gasteiger partial charge is 0.338 e. The van der Waals surface area contributed by atoms with Gasteiger partial charge >= 0.3 is 11.9 Å². The molecular formula is C31H29N3O5S. The maximum absolute atomic E-state index is 13.9. The third kappa shape index (κ3) is 4.84. The lowest BCUT2D eigenvalue weighted by Gasteiger charge is -2.25. The molecule has 0 amide bonds. The van der Waals surface area contributed by atoms with Gasteiger partial charge in [-0.05, 0) is 67.8 Å². The highest BCUT2D eigenvalue weighted by atomic mass is 32.1. The first-order chi connectivity index (χ1) is 19.2. The summed E-state index contributed by atoms with van der Waals surface area (Å²) in [6.45, 7) is 7.29. The molecule has 40 heavy (non-hydrogen) atoms. The first kappa shape index (κ1) is 27.1. The minimum atomic E-state index is -0.634. The van der Waals surface area contributed by atoms with Gasteiger partial charge in [-0.2, -0.15) is 0 Å². The molecule has 0 saturated carbocycles. The Hall–Kier alpha value is -4.50. The van der Waals surface area contributed by atoms with E-state index in [0.29, 0.717) is 32.8 Å². The molecule has 0 N–H and O–H groups in total. The van der Waals surface area contributed by atoms with E-state index in [1.165, 1.54) is 25.4 Å². The maximum Gasteiger partial charge on any atom is 0.338 e. The van der Waals surface area contributed by atoms with Gasteiger partial charge in [0, 0.05) is 24.0 Å². The second-order valence-electron chi connectivity index (χ2n) is 9.45. The van der Waals surface area contributed by atoms with Crippen LogP contribution in [0.5, 0.6) is 5.75 Å². The number of hydrogen-bond donors (Lipinski definition) is 0. The lowest BCUT2D eigenvalue weighted by molar-refractivity contribution is -0.136. The van der Waals surface area contributed by atoms with Gasteiger partial charge in [-0.1, -0.05) is 48.6 Å². The van der Waals surface area contributed by atoms with Gasteiger partial charge < -0.3 is 14.0 Å². The number of methoxy groups -OCH3 is 1. The Kier molecular flexibility index (Phi) is 7.40. The molecular weight excluding hydrogens is 526 g/mol. The molecule has 0 radical (unpaired) electrons. The fourth-order valence-electron chi connectivity index (χ4n) is 5.12. The van der Waals surface area contributed by atoms with Gasteiger partial charge in [-0.3, -0.25) is 14.2 Å². The molecule has 1 aliphatic rings. The van der Waals surface area contributed by atoms with Crippen LogP contribution in [-0.2, 0) is 14.3 Å². The second-order valence-corrected chi connectivity index (χ2v) is 10.5. The van der Waals surface area contributed by atoms with Gasteiger partial charge in [-0.25, -0.2) is 9.79 Å². The van der Waals surface area contributed by atoms with Crippen molar-refractivity contribution in [2.75, 3.05) is 7.11 Å². The molecule has 0 aliphatic carbocycles. The fourth-order valence-corrected chi connectivity index (χ4v) is 6.13. The van der Waals surface area contributed by atoms with Gasteiger partial charge in [0.25, 0.3) is 5.56 Å². The van der Waals surface area contributed by atoms with Gasteiger partial charge in [0.15, 0.2) is 4.80 Å². The van der Waals surface area contributed by atoms with Crippen molar-refractivity contribution >= 4 is 29.4 Å². The number of esters is 2. The Morgan fingerprint density at radius 1 is 1.07 bits per heavy atom. The normalized spacial score (nSPS) is 15.0. The van der Waals surface area contributed by atoms with Crippen LogP contribution in [0.1, 0.15) is 48.8 Å². The van der Waals surface area contributed by atoms with E-state index in [2.05, 4.69) is 4.57 Å². The van der Waals surface area contributed by atoms with Crippen molar-refractivity contribution in [3.05, 3.63) is 114 Å². The predicted octanol–water partition coefficient (Wildman–Crippen LogP) is 4.13. The summed E-state index contributed by atoms with van der Waals surface area (Å²) in [7, 11) is 1.34. The summed E-state index contributed by atoms with van der Waals surface area (Å²) in [6, 6.07) is 18.2. The highest BCUT2D eigenvalue weighted by molar-refractivity contribution is 7.07. The molecule has 4 aromatic rings. The highest BCUT2D eigenvalue weighted by Gasteiger charge is 2.33. The summed E-state index contributed by atoms with van der Waals surface area (Å²) in [4.78, 5) is 43.4. The zero-order valence-corrected chi connectivity index (χ0v) is 23.7. The second kappa shape index (κ2) is 10.9. The van der Waals surface area contributed by atoms with E-state index in [0.717, 1.165) is 28.2 Å². The third-order valence-electron chi connectivity index (χ3n) is 6.88. The van der Waals surface area contributed by atoms with Crippen LogP contribution < -0.4 is 19.6 Å². The summed E-state index contributed by atoms with van der Waals surface area (Å²) in [5.41, 5.74) is 5.33. The van der Waals surface area contributed by atoms with E-state index in [1.54, 1.807) is 16.7 Å². The van der Waals surface area contributed by atoms with E-state index in [9.17, 15) is 14.4 Å². The van der Waals surface area contributed by atoms with Crippen LogP contribution in [0.2, 0.25) is 0 Å². The third-order valence-corrected chi connectivity index (χ3v) is 7.86. The number of carbonyl (C=O) groups excluding carboxylic acids is 2. The summed E-state index contributed by atoms with van der Waals surface area (Å²) in [5, 5.41) is 0. The Morgan fingerprint density at radius 3 is 2.40 bits per heavy atom. The molecule has 2 aromatic carbocycles. The fraction of sp³-hybridized carbons (Fsp3) is 0.226. The standard InChI is InChI=1S/C31H29N3O5S/c1-6-25-27(30(37)38-5)28(21-10-8-7-9-11-21)34-29(36)26(40-31(34)32-25)17-22-16-18(2)33(19(22)3)23-12-14-24(15-13-23)39-20(4)35/h7-17,28H,6H2,1-5H3/b26-17-/t28-/m0/s1. The molecule has 0 unspecified atom stereocenters. The lowest BCUT2D eigenvalue weighted by atomic mass is 9.95. The SMILES string of the molecule is CCC1=C(C(=O)OC)[C@H](c2ccccc2)n2c(s/c(=C\c3cc(C)n(-c4ccc(OC(C)=O)cc4)c3C)c2=O)=N1. The van der Waals surface area contributed by atoms with E-state index in [4.69, 9.17) is 14.5 Å². The molecule has 8 nitrogen and oxygen atoms in total. The predicted molar refractivity (Wildman–Crippen MR) is 153 cm³/mol. The van der Waals surface area contributed by atoms with E-state index >= 15 is 0 Å². The quantitative estimate of drug-likeness (QED) is 0.264. The van der Waals surface area contributed by atoms with Crippen molar-refractivity contribution in [3.63, 3.8) is 0 Å². The van der Waals surface area contributed by atoms with Crippen molar-refractivity contribution in [2.45, 2.75) is 40.2 Å². The molecule has 0 saturated heterocycles. The van der Waals surface area contributed by atoms with E-state index in [-0.39, 0.29) is 11.5 Å². The summed E-state index contributed by atoms with van der Waals surface area (Å²) < 4.78 is 14.5. The average Bonchev–Trinajstić information content (AvgIpc) is 3.41. The molecule has 0 spiro atoms. The zero-order chi connectivity index (χ0) is 28.6. The van der Waals surface area contributed by atoms with E-state index < -0.39 is 12.0 Å². The van der Waals surface area contributed by atoms with Crippen LogP contribution in [-0.4, -0.2) is 28.2 Å². The van der Waals surface area contributed by atoms with Crippen molar-refractivity contribution in [1.29, 1.82) is 0 Å². The highest BCUT2D eigenvalue weighted by Crippen LogP contribution is 2.31. The first-order valence-electron chi connectivity index (χ1n) is 12.9. The number of ether oxygens (including phenoxy) is 2. The Labute approximate surface area is 235 Å². The number of allylic oxidation sites excluding steroid dienone is 1. The molecule has 5 rings (SSSR count). The number of aryl methyl sites for hydroxylation is 1. The number of aromatic nitrogens is 2. The first-order valence-corrected chi connectivity index (χ1v) is 13.7. The van der Waals surface area contributed by atoms with E-state index in [1.807, 2.05) is 75.4 Å². The van der Waals surface area contributed by atoms with Gasteiger partial charge in [0.1, 0.15) is 5.75 Å². The molecule has 3 heterocycles. The molecule has 0 bridgehead atoms. The number of hydrogen-bond acceptors (Lipinski definition) is 7. The monoisotopic (exact) mass is 555 g/mol. The van der Waals surface area contributed by atoms with Crippen LogP contribution in [0.25, 0.3) is 11.8 Å². The lowest BCUT2D eigenvalue weighted by Crippen LogP contribution is -2.40. The number of fused-ring (bicyclic) bond motifs is 1. The van der Waals surface area contributed by atoms with Crippen molar-refractivity contribution in [2.24, 2.45) is 4.99 Å². The topological polar surface area (TPSA) is 91.9 Å². The van der Waals surface area contributed by atoms with Crippen LogP contribution in [0.3, 0.4) is 0 Å². The molecule has 1 aliphatic heterocycles. The van der Waals surface area contributed by atoms with Gasteiger partial charge in [0.2, 0.25) is 0 Å². The largest absolute Gasteiger partial charge is 0.466 e. The van der Waals surface area contributed by atoms with Gasteiger partial charge in [-0.15, -0.1) is 0 Å². The minimum absolute atomic E-state index is 0.218. The molecule has 2 aromatic heterocycles. The van der Waals surface area contributed by atoms with Crippen LogP contribution in [0.4, 0.5) is 0 Å². The number of nitrogens with zero attached hydrogens (tertiary/aromatic N) is 3. The van der Waals surface area contributed by atoms with Crippen LogP contribution >= 0.6 is 11.3 Å². The van der Waals surface area contributed by atoms with Crippen molar-refractivity contribution in [1.82, 2.24) is 9.13 Å². The number of carbonyl (C=O) groups is 2. The Balaban J connectivity index is 1.64. The maximum atomic E-state index is 13.9. The minimum Gasteiger partial charge on any atom is -0.466 e. The van der Waals surface area contributed by atoms with Gasteiger partial charge in [0.05, 0.1) is 29.0 Å². The number of thiazole rings is 1. The average molecular weight is 556 g/mol. The number of rotatable bonds is 6. The summed E-state index contributed by atoms with van der Waals surface area (Å²) in [6.07, 6.45) is 2.40. The number of benzene rings is 2. The van der Waals surface area contributed by atoms with Crippen molar-refractivity contribution < 1.29 is 19.1 Å². The summed E-state index contributed by atoms with van der Waals surface area (Å²) in [5.74, 6) is -0.387. The molecule has 1 atom stereocenters. The zero-order valence-electron chi connectivity index (χ0n) is 22.9.